The summed E-state index contributed by atoms with van der Waals surface area (Å²) in [5.74, 6) is 0.956. The van der Waals surface area contributed by atoms with Crippen LogP contribution in [0.15, 0.2) is 42.5 Å². The Bertz CT molecular complexity index is 584. The molecule has 3 nitrogen and oxygen atoms in total. The summed E-state index contributed by atoms with van der Waals surface area (Å²) >= 11 is 6.21. The summed E-state index contributed by atoms with van der Waals surface area (Å²) in [7, 11) is 2.03. The summed E-state index contributed by atoms with van der Waals surface area (Å²) in [5, 5.41) is 4.18. The molecular weight excluding hydrogens is 282 g/mol. The second-order valence-electron chi connectivity index (χ2n) is 5.47. The highest BCUT2D eigenvalue weighted by molar-refractivity contribution is 6.31. The van der Waals surface area contributed by atoms with Crippen LogP contribution in [0, 0.1) is 0 Å². The van der Waals surface area contributed by atoms with Crippen LogP contribution in [-0.2, 0) is 13.1 Å². The molecule has 112 valence electrons. The van der Waals surface area contributed by atoms with E-state index in [2.05, 4.69) is 24.1 Å². The van der Waals surface area contributed by atoms with Gasteiger partial charge >= 0.3 is 0 Å². The summed E-state index contributed by atoms with van der Waals surface area (Å²) in [6.07, 6.45) is 0. The number of nitrogens with zero attached hydrogens (tertiary/aromatic N) is 2. The highest BCUT2D eigenvalue weighted by Crippen LogP contribution is 2.19. The third-order valence-corrected chi connectivity index (χ3v) is 3.61. The van der Waals surface area contributed by atoms with Gasteiger partial charge in [0.05, 0.1) is 5.69 Å². The molecule has 0 spiro atoms. The van der Waals surface area contributed by atoms with E-state index in [1.807, 2.05) is 49.5 Å². The predicted octanol–water partition coefficient (Wildman–Crippen LogP) is 3.87. The number of anilines is 1. The van der Waals surface area contributed by atoms with E-state index in [9.17, 15) is 0 Å². The van der Waals surface area contributed by atoms with Crippen molar-refractivity contribution in [3.05, 3.63) is 58.7 Å². The summed E-state index contributed by atoms with van der Waals surface area (Å²) in [5.41, 5.74) is 2.15. The number of hydrogen-bond donors (Lipinski definition) is 1. The van der Waals surface area contributed by atoms with Gasteiger partial charge < -0.3 is 10.2 Å². The number of pyridine rings is 1. The van der Waals surface area contributed by atoms with Crippen molar-refractivity contribution in [2.45, 2.75) is 33.0 Å². The van der Waals surface area contributed by atoms with Gasteiger partial charge in [0.25, 0.3) is 0 Å². The van der Waals surface area contributed by atoms with Gasteiger partial charge in [-0.2, -0.15) is 0 Å². The predicted molar refractivity (Wildman–Crippen MR) is 89.8 cm³/mol. The average Bonchev–Trinajstić information content (AvgIpc) is 2.48. The molecule has 1 heterocycles. The van der Waals surface area contributed by atoms with Gasteiger partial charge in [0.1, 0.15) is 5.82 Å². The Kier molecular flexibility index (Phi) is 5.59. The number of hydrogen-bond acceptors (Lipinski definition) is 3. The van der Waals surface area contributed by atoms with Gasteiger partial charge in [-0.3, -0.25) is 0 Å². The minimum absolute atomic E-state index is 0.455. The quantitative estimate of drug-likeness (QED) is 0.878. The Balaban J connectivity index is 2.07. The van der Waals surface area contributed by atoms with Crippen molar-refractivity contribution < 1.29 is 0 Å². The molecular formula is C17H22ClN3. The summed E-state index contributed by atoms with van der Waals surface area (Å²) in [6.45, 7) is 5.79. The van der Waals surface area contributed by atoms with E-state index < -0.39 is 0 Å². The topological polar surface area (TPSA) is 28.2 Å². The smallest absolute Gasteiger partial charge is 0.128 e. The first kappa shape index (κ1) is 15.8. The lowest BCUT2D eigenvalue weighted by molar-refractivity contribution is 0.581. The van der Waals surface area contributed by atoms with Crippen LogP contribution in [0.4, 0.5) is 5.82 Å². The molecule has 0 unspecified atom stereocenters. The van der Waals surface area contributed by atoms with Crippen molar-refractivity contribution in [1.82, 2.24) is 10.3 Å². The first-order valence-corrected chi connectivity index (χ1v) is 7.58. The Morgan fingerprint density at radius 2 is 1.90 bits per heavy atom. The van der Waals surface area contributed by atoms with Gasteiger partial charge in [-0.25, -0.2) is 4.98 Å². The highest BCUT2D eigenvalue weighted by atomic mass is 35.5. The number of rotatable bonds is 6. The van der Waals surface area contributed by atoms with Gasteiger partial charge in [0.15, 0.2) is 0 Å². The van der Waals surface area contributed by atoms with Crippen LogP contribution in [0.25, 0.3) is 0 Å². The summed E-state index contributed by atoms with van der Waals surface area (Å²) < 4.78 is 0. The summed E-state index contributed by atoms with van der Waals surface area (Å²) in [6, 6.07) is 14.5. The van der Waals surface area contributed by atoms with Crippen molar-refractivity contribution in [2.24, 2.45) is 0 Å². The second kappa shape index (κ2) is 7.43. The average molecular weight is 304 g/mol. The molecule has 0 fully saturated rings. The van der Waals surface area contributed by atoms with E-state index in [0.717, 1.165) is 35.2 Å². The Labute approximate surface area is 132 Å². The molecule has 0 aliphatic carbocycles. The van der Waals surface area contributed by atoms with Crippen LogP contribution >= 0.6 is 11.6 Å². The molecule has 0 radical (unpaired) electrons. The third kappa shape index (κ3) is 4.73. The fraction of sp³-hybridized carbons (Fsp3) is 0.353. The van der Waals surface area contributed by atoms with E-state index in [1.165, 1.54) is 0 Å². The van der Waals surface area contributed by atoms with Crippen LogP contribution in [0.1, 0.15) is 25.1 Å². The fourth-order valence-corrected chi connectivity index (χ4v) is 2.25. The van der Waals surface area contributed by atoms with E-state index in [-0.39, 0.29) is 0 Å². The molecule has 0 aliphatic rings. The van der Waals surface area contributed by atoms with Crippen LogP contribution < -0.4 is 10.2 Å². The van der Waals surface area contributed by atoms with Gasteiger partial charge in [-0.1, -0.05) is 49.7 Å². The van der Waals surface area contributed by atoms with Crippen LogP contribution in [0.5, 0.6) is 0 Å². The maximum Gasteiger partial charge on any atom is 0.128 e. The van der Waals surface area contributed by atoms with Gasteiger partial charge in [0, 0.05) is 31.2 Å². The second-order valence-corrected chi connectivity index (χ2v) is 5.88. The molecule has 1 aromatic heterocycles. The third-order valence-electron chi connectivity index (χ3n) is 3.24. The van der Waals surface area contributed by atoms with E-state index in [0.29, 0.717) is 6.04 Å². The number of benzene rings is 1. The highest BCUT2D eigenvalue weighted by Gasteiger charge is 2.07. The van der Waals surface area contributed by atoms with Gasteiger partial charge in [-0.15, -0.1) is 0 Å². The van der Waals surface area contributed by atoms with Crippen molar-refractivity contribution in [2.75, 3.05) is 11.9 Å². The molecule has 21 heavy (non-hydrogen) atoms. The number of aromatic nitrogens is 1. The lowest BCUT2D eigenvalue weighted by Crippen LogP contribution is -2.23. The minimum atomic E-state index is 0.455. The molecule has 2 aromatic rings. The number of halogens is 1. The molecule has 2 rings (SSSR count). The zero-order valence-electron chi connectivity index (χ0n) is 12.8. The fourth-order valence-electron chi connectivity index (χ4n) is 2.05. The van der Waals surface area contributed by atoms with E-state index in [1.54, 1.807) is 0 Å². The van der Waals surface area contributed by atoms with E-state index >= 15 is 0 Å². The van der Waals surface area contributed by atoms with Crippen molar-refractivity contribution >= 4 is 17.4 Å². The molecule has 4 heteroatoms. The molecule has 0 bridgehead atoms. The maximum atomic E-state index is 6.21. The largest absolute Gasteiger partial charge is 0.355 e. The van der Waals surface area contributed by atoms with Gasteiger partial charge in [-0.05, 0) is 23.8 Å². The zero-order valence-corrected chi connectivity index (χ0v) is 13.6. The molecule has 1 aromatic carbocycles. The first-order valence-electron chi connectivity index (χ1n) is 7.20. The Hall–Kier alpha value is -1.58. The molecule has 0 aliphatic heterocycles. The van der Waals surface area contributed by atoms with Crippen molar-refractivity contribution in [1.29, 1.82) is 0 Å². The standard InChI is InChI=1S/C17H22ClN3/c1-13(2)19-11-15-8-6-10-17(20-15)21(3)12-14-7-4-5-9-16(14)18/h4-10,13,19H,11-12H2,1-3H3. The Morgan fingerprint density at radius 3 is 2.62 bits per heavy atom. The monoisotopic (exact) mass is 303 g/mol. The van der Waals surface area contributed by atoms with Crippen LogP contribution in [0.3, 0.4) is 0 Å². The minimum Gasteiger partial charge on any atom is -0.355 e. The van der Waals surface area contributed by atoms with Crippen LogP contribution in [-0.4, -0.2) is 18.1 Å². The van der Waals surface area contributed by atoms with Crippen LogP contribution in [0.2, 0.25) is 5.02 Å². The lowest BCUT2D eigenvalue weighted by atomic mass is 10.2. The molecule has 0 atom stereocenters. The summed E-state index contributed by atoms with van der Waals surface area (Å²) in [4.78, 5) is 6.80. The maximum absolute atomic E-state index is 6.21. The molecule has 0 saturated carbocycles. The normalized spacial score (nSPS) is 10.9. The lowest BCUT2D eigenvalue weighted by Gasteiger charge is -2.20. The molecule has 0 saturated heterocycles. The van der Waals surface area contributed by atoms with Gasteiger partial charge in [0.2, 0.25) is 0 Å². The first-order chi connectivity index (χ1) is 10.1. The van der Waals surface area contributed by atoms with Crippen molar-refractivity contribution in [3.8, 4) is 0 Å². The molecule has 1 N–H and O–H groups in total. The zero-order chi connectivity index (χ0) is 15.2. The SMILES string of the molecule is CC(C)NCc1cccc(N(C)Cc2ccccc2Cl)n1. The number of nitrogens with one attached hydrogen (secondary N) is 1. The van der Waals surface area contributed by atoms with Crippen molar-refractivity contribution in [3.63, 3.8) is 0 Å². The molecule has 0 amide bonds. The van der Waals surface area contributed by atoms with E-state index in [4.69, 9.17) is 16.6 Å². The Morgan fingerprint density at radius 1 is 1.14 bits per heavy atom.